The monoisotopic (exact) mass is 284 g/mol. The third kappa shape index (κ3) is 1.80. The van der Waals surface area contributed by atoms with Crippen LogP contribution in [0.15, 0.2) is 59.0 Å². The van der Waals surface area contributed by atoms with Gasteiger partial charge in [0.1, 0.15) is 19.0 Å². The van der Waals surface area contributed by atoms with Gasteiger partial charge < -0.3 is 4.42 Å². The molecule has 0 atom stereocenters. The fraction of sp³-hybridized carbons (Fsp3) is 0.100. The molecule has 0 spiro atoms. The molecule has 1 aromatic heterocycles. The van der Waals surface area contributed by atoms with Gasteiger partial charge in [-0.3, -0.25) is 0 Å². The standard InChI is InChI=1S/C20H17BO/c1-12-7-3-4-8-14(12)16-11-17(21)20-19(13(16)2)15-9-5-6-10-18(15)22-20/h3-11H,21H2,1-2H3. The summed E-state index contributed by atoms with van der Waals surface area (Å²) < 4.78 is 6.09. The second kappa shape index (κ2) is 4.77. The maximum atomic E-state index is 6.09. The van der Waals surface area contributed by atoms with E-state index in [4.69, 9.17) is 4.42 Å². The van der Waals surface area contributed by atoms with Gasteiger partial charge in [0, 0.05) is 10.8 Å². The van der Waals surface area contributed by atoms with Crippen LogP contribution >= 0.6 is 0 Å². The van der Waals surface area contributed by atoms with Crippen molar-refractivity contribution in [2.24, 2.45) is 0 Å². The predicted molar refractivity (Wildman–Crippen MR) is 96.8 cm³/mol. The molecule has 4 aromatic rings. The molecule has 0 N–H and O–H groups in total. The zero-order chi connectivity index (χ0) is 15.3. The Bertz CT molecular complexity index is 1010. The molecular weight excluding hydrogens is 267 g/mol. The molecule has 22 heavy (non-hydrogen) atoms. The highest BCUT2D eigenvalue weighted by Gasteiger charge is 2.15. The summed E-state index contributed by atoms with van der Waals surface area (Å²) in [6, 6.07) is 19.1. The van der Waals surface area contributed by atoms with E-state index in [9.17, 15) is 0 Å². The first kappa shape index (κ1) is 13.2. The molecule has 0 saturated carbocycles. The van der Waals surface area contributed by atoms with E-state index in [1.165, 1.54) is 38.5 Å². The van der Waals surface area contributed by atoms with Crippen molar-refractivity contribution in [2.75, 3.05) is 0 Å². The third-order valence-corrected chi connectivity index (χ3v) is 4.53. The number of benzene rings is 3. The Morgan fingerprint density at radius 2 is 1.59 bits per heavy atom. The number of furan rings is 1. The van der Waals surface area contributed by atoms with E-state index in [0.29, 0.717) is 0 Å². The lowest BCUT2D eigenvalue weighted by Gasteiger charge is -2.12. The van der Waals surface area contributed by atoms with Crippen molar-refractivity contribution in [2.45, 2.75) is 13.8 Å². The topological polar surface area (TPSA) is 13.1 Å². The molecular formula is C20H17BO. The maximum absolute atomic E-state index is 6.09. The van der Waals surface area contributed by atoms with Gasteiger partial charge in [0.05, 0.1) is 0 Å². The van der Waals surface area contributed by atoms with Gasteiger partial charge in [-0.2, -0.15) is 0 Å². The van der Waals surface area contributed by atoms with Crippen LogP contribution in [0, 0.1) is 13.8 Å². The highest BCUT2D eigenvalue weighted by Crippen LogP contribution is 2.35. The van der Waals surface area contributed by atoms with Crippen LogP contribution in [-0.4, -0.2) is 7.85 Å². The minimum absolute atomic E-state index is 0.964. The zero-order valence-electron chi connectivity index (χ0n) is 13.1. The van der Waals surface area contributed by atoms with E-state index in [1.54, 1.807) is 0 Å². The van der Waals surface area contributed by atoms with Gasteiger partial charge in [-0.1, -0.05) is 48.5 Å². The molecule has 0 aliphatic rings. The Hall–Kier alpha value is -2.48. The van der Waals surface area contributed by atoms with Crippen molar-refractivity contribution in [3.63, 3.8) is 0 Å². The van der Waals surface area contributed by atoms with Crippen molar-refractivity contribution in [3.8, 4) is 11.1 Å². The molecule has 0 bridgehead atoms. The summed E-state index contributed by atoms with van der Waals surface area (Å²) >= 11 is 0. The Morgan fingerprint density at radius 3 is 2.41 bits per heavy atom. The average molecular weight is 284 g/mol. The van der Waals surface area contributed by atoms with E-state index in [2.05, 4.69) is 64.2 Å². The molecule has 3 aromatic carbocycles. The Balaban J connectivity index is 2.16. The first-order chi connectivity index (χ1) is 10.7. The summed E-state index contributed by atoms with van der Waals surface area (Å²) in [5, 5.41) is 2.45. The number of aryl methyl sites for hydroxylation is 2. The highest BCUT2D eigenvalue weighted by atomic mass is 16.3. The van der Waals surface area contributed by atoms with Crippen molar-refractivity contribution in [1.82, 2.24) is 0 Å². The Labute approximate surface area is 131 Å². The molecule has 2 heteroatoms. The number of rotatable bonds is 1. The van der Waals surface area contributed by atoms with Gasteiger partial charge in [-0.05, 0) is 47.6 Å². The molecule has 106 valence electrons. The molecule has 0 amide bonds. The second-order valence-corrected chi connectivity index (χ2v) is 5.98. The minimum Gasteiger partial charge on any atom is -0.457 e. The van der Waals surface area contributed by atoms with Gasteiger partial charge in [0.2, 0.25) is 0 Å². The molecule has 1 heterocycles. The Morgan fingerprint density at radius 1 is 0.864 bits per heavy atom. The molecule has 0 aliphatic heterocycles. The SMILES string of the molecule is Bc1cc(-c2ccccc2C)c(C)c2c1oc1ccccc12. The number of hydrogen-bond acceptors (Lipinski definition) is 1. The van der Waals surface area contributed by atoms with E-state index in [0.717, 1.165) is 11.2 Å². The van der Waals surface area contributed by atoms with Crippen molar-refractivity contribution >= 4 is 35.2 Å². The van der Waals surface area contributed by atoms with Gasteiger partial charge in [-0.15, -0.1) is 0 Å². The van der Waals surface area contributed by atoms with Crippen molar-refractivity contribution in [3.05, 3.63) is 65.7 Å². The van der Waals surface area contributed by atoms with Crippen molar-refractivity contribution < 1.29 is 4.42 Å². The molecule has 4 rings (SSSR count). The van der Waals surface area contributed by atoms with Crippen LogP contribution in [0.4, 0.5) is 0 Å². The number of fused-ring (bicyclic) bond motifs is 3. The first-order valence-corrected chi connectivity index (χ1v) is 7.64. The number of para-hydroxylation sites is 1. The van der Waals surface area contributed by atoms with Crippen LogP contribution in [-0.2, 0) is 0 Å². The van der Waals surface area contributed by atoms with E-state index < -0.39 is 0 Å². The predicted octanol–water partition coefficient (Wildman–Crippen LogP) is 4.13. The van der Waals surface area contributed by atoms with Gasteiger partial charge >= 0.3 is 0 Å². The third-order valence-electron chi connectivity index (χ3n) is 4.53. The molecule has 0 radical (unpaired) electrons. The lowest BCUT2D eigenvalue weighted by molar-refractivity contribution is 0.671. The van der Waals surface area contributed by atoms with Gasteiger partial charge in [-0.25, -0.2) is 0 Å². The summed E-state index contributed by atoms with van der Waals surface area (Å²) in [6.07, 6.45) is 0. The quantitative estimate of drug-likeness (QED) is 0.479. The van der Waals surface area contributed by atoms with Crippen LogP contribution in [0.1, 0.15) is 11.1 Å². The average Bonchev–Trinajstić information content (AvgIpc) is 2.92. The summed E-state index contributed by atoms with van der Waals surface area (Å²) in [7, 11) is 2.13. The fourth-order valence-corrected chi connectivity index (χ4v) is 3.38. The number of hydrogen-bond donors (Lipinski definition) is 0. The molecule has 0 fully saturated rings. The van der Waals surface area contributed by atoms with Crippen LogP contribution in [0.25, 0.3) is 33.1 Å². The minimum atomic E-state index is 0.964. The molecule has 1 nitrogen and oxygen atoms in total. The maximum Gasteiger partial charge on any atom is 0.144 e. The summed E-state index contributed by atoms with van der Waals surface area (Å²) in [5.41, 5.74) is 8.36. The van der Waals surface area contributed by atoms with Crippen LogP contribution in [0.5, 0.6) is 0 Å². The first-order valence-electron chi connectivity index (χ1n) is 7.64. The van der Waals surface area contributed by atoms with E-state index in [1.807, 2.05) is 12.1 Å². The summed E-state index contributed by atoms with van der Waals surface area (Å²) in [6.45, 7) is 4.37. The normalized spacial score (nSPS) is 11.4. The van der Waals surface area contributed by atoms with Crippen LogP contribution < -0.4 is 5.46 Å². The zero-order valence-corrected chi connectivity index (χ0v) is 13.1. The lowest BCUT2D eigenvalue weighted by atomic mass is 9.85. The molecule has 0 saturated heterocycles. The summed E-state index contributed by atoms with van der Waals surface area (Å²) in [4.78, 5) is 0. The van der Waals surface area contributed by atoms with Gasteiger partial charge in [0.25, 0.3) is 0 Å². The molecule has 0 aliphatic carbocycles. The second-order valence-electron chi connectivity index (χ2n) is 5.98. The van der Waals surface area contributed by atoms with E-state index >= 15 is 0 Å². The smallest absolute Gasteiger partial charge is 0.144 e. The summed E-state index contributed by atoms with van der Waals surface area (Å²) in [5.74, 6) is 0. The highest BCUT2D eigenvalue weighted by molar-refractivity contribution is 6.40. The lowest BCUT2D eigenvalue weighted by Crippen LogP contribution is -2.05. The van der Waals surface area contributed by atoms with Crippen LogP contribution in [0.2, 0.25) is 0 Å². The van der Waals surface area contributed by atoms with E-state index in [-0.39, 0.29) is 0 Å². The molecule has 0 unspecified atom stereocenters. The fourth-order valence-electron chi connectivity index (χ4n) is 3.38. The Kier molecular flexibility index (Phi) is 2.87. The van der Waals surface area contributed by atoms with Gasteiger partial charge in [0.15, 0.2) is 0 Å². The van der Waals surface area contributed by atoms with Crippen molar-refractivity contribution in [1.29, 1.82) is 0 Å². The largest absolute Gasteiger partial charge is 0.457 e. The van der Waals surface area contributed by atoms with Crippen LogP contribution in [0.3, 0.4) is 0 Å².